The first-order chi connectivity index (χ1) is 9.99. The molecule has 0 aliphatic heterocycles. The molecule has 0 aliphatic rings. The molecule has 104 valence electrons. The molecule has 0 fully saturated rings. The van der Waals surface area contributed by atoms with Crippen LogP contribution in [0, 0.1) is 28.5 Å². The third kappa shape index (κ3) is 2.50. The predicted octanol–water partition coefficient (Wildman–Crippen LogP) is 2.88. The summed E-state index contributed by atoms with van der Waals surface area (Å²) in [6, 6.07) is 11.6. The third-order valence-electron chi connectivity index (χ3n) is 3.21. The van der Waals surface area contributed by atoms with Gasteiger partial charge in [0.1, 0.15) is 18.0 Å². The van der Waals surface area contributed by atoms with Gasteiger partial charge >= 0.3 is 0 Å². The van der Waals surface area contributed by atoms with E-state index in [0.29, 0.717) is 16.8 Å². The molecule has 0 saturated carbocycles. The van der Waals surface area contributed by atoms with Crippen molar-refractivity contribution in [2.45, 2.75) is 0 Å². The molecule has 0 saturated heterocycles. The van der Waals surface area contributed by atoms with E-state index in [0.717, 1.165) is 0 Å². The molecule has 2 rings (SSSR count). The van der Waals surface area contributed by atoms with Gasteiger partial charge in [-0.15, -0.1) is 0 Å². The van der Waals surface area contributed by atoms with Crippen molar-refractivity contribution in [3.8, 4) is 23.3 Å². The SMILES string of the molecule is CN(C)c1cc(-c2ccc(F)cc2)c(C#N)c(N)c1C#N. The van der Waals surface area contributed by atoms with Crippen LogP contribution in [0.3, 0.4) is 0 Å². The zero-order chi connectivity index (χ0) is 15.6. The van der Waals surface area contributed by atoms with Crippen LogP contribution in [-0.4, -0.2) is 14.1 Å². The van der Waals surface area contributed by atoms with Crippen LogP contribution in [-0.2, 0) is 0 Å². The Morgan fingerprint density at radius 3 is 2.10 bits per heavy atom. The van der Waals surface area contributed by atoms with E-state index in [1.54, 1.807) is 37.2 Å². The Labute approximate surface area is 122 Å². The molecule has 4 nitrogen and oxygen atoms in total. The lowest BCUT2D eigenvalue weighted by Crippen LogP contribution is -2.13. The minimum absolute atomic E-state index is 0.144. The molecular formula is C16H13FN4. The molecule has 5 heteroatoms. The lowest BCUT2D eigenvalue weighted by molar-refractivity contribution is 0.628. The van der Waals surface area contributed by atoms with Crippen molar-refractivity contribution in [3.63, 3.8) is 0 Å². The molecule has 0 bridgehead atoms. The second-order valence-electron chi connectivity index (χ2n) is 4.73. The molecule has 2 aromatic rings. The van der Waals surface area contributed by atoms with Crippen LogP contribution in [0.2, 0.25) is 0 Å². The lowest BCUT2D eigenvalue weighted by atomic mass is 9.94. The van der Waals surface area contributed by atoms with Crippen molar-refractivity contribution in [1.82, 2.24) is 0 Å². The van der Waals surface area contributed by atoms with Crippen LogP contribution < -0.4 is 10.6 Å². The fraction of sp³-hybridized carbons (Fsp3) is 0.125. The number of hydrogen-bond donors (Lipinski definition) is 1. The van der Waals surface area contributed by atoms with Gasteiger partial charge in [0.2, 0.25) is 0 Å². The van der Waals surface area contributed by atoms with Crippen molar-refractivity contribution in [1.29, 1.82) is 10.5 Å². The van der Waals surface area contributed by atoms with E-state index in [4.69, 9.17) is 5.73 Å². The van der Waals surface area contributed by atoms with Gasteiger partial charge in [0, 0.05) is 19.7 Å². The average Bonchev–Trinajstić information content (AvgIpc) is 2.47. The van der Waals surface area contributed by atoms with Crippen LogP contribution in [0.15, 0.2) is 30.3 Å². The van der Waals surface area contributed by atoms with Crippen LogP contribution >= 0.6 is 0 Å². The summed E-state index contributed by atoms with van der Waals surface area (Å²) in [7, 11) is 3.58. The Balaban J connectivity index is 2.80. The summed E-state index contributed by atoms with van der Waals surface area (Å²) >= 11 is 0. The molecule has 0 radical (unpaired) electrons. The van der Waals surface area contributed by atoms with E-state index in [-0.39, 0.29) is 22.6 Å². The summed E-state index contributed by atoms with van der Waals surface area (Å²) in [5, 5.41) is 18.6. The third-order valence-corrected chi connectivity index (χ3v) is 3.21. The standard InChI is InChI=1S/C16H13FN4/c1-21(2)15-7-12(10-3-5-11(17)6-4-10)13(8-18)16(20)14(15)9-19/h3-7H,20H2,1-2H3. The summed E-state index contributed by atoms with van der Waals surface area (Å²) in [6.07, 6.45) is 0. The van der Waals surface area contributed by atoms with Crippen LogP contribution in [0.1, 0.15) is 11.1 Å². The minimum atomic E-state index is -0.355. The number of anilines is 2. The van der Waals surface area contributed by atoms with E-state index in [1.807, 2.05) is 12.1 Å². The molecule has 0 heterocycles. The maximum atomic E-state index is 13.0. The number of hydrogen-bond acceptors (Lipinski definition) is 4. The highest BCUT2D eigenvalue weighted by atomic mass is 19.1. The van der Waals surface area contributed by atoms with Crippen LogP contribution in [0.25, 0.3) is 11.1 Å². The summed E-state index contributed by atoms with van der Waals surface area (Å²) in [5.41, 5.74) is 8.47. The highest BCUT2D eigenvalue weighted by Crippen LogP contribution is 2.35. The van der Waals surface area contributed by atoms with Gasteiger partial charge in [-0.2, -0.15) is 10.5 Å². The number of nitriles is 2. The van der Waals surface area contributed by atoms with E-state index in [1.165, 1.54) is 12.1 Å². The van der Waals surface area contributed by atoms with Gasteiger partial charge in [-0.1, -0.05) is 12.1 Å². The molecule has 0 unspecified atom stereocenters. The van der Waals surface area contributed by atoms with Crippen LogP contribution in [0.5, 0.6) is 0 Å². The summed E-state index contributed by atoms with van der Waals surface area (Å²) in [5.74, 6) is -0.355. The summed E-state index contributed by atoms with van der Waals surface area (Å²) in [4.78, 5) is 1.75. The maximum Gasteiger partial charge on any atom is 0.123 e. The molecule has 0 spiro atoms. The Bertz CT molecular complexity index is 765. The number of halogens is 1. The van der Waals surface area contributed by atoms with Gasteiger partial charge in [0.15, 0.2) is 0 Å². The topological polar surface area (TPSA) is 76.8 Å². The molecule has 21 heavy (non-hydrogen) atoms. The lowest BCUT2D eigenvalue weighted by Gasteiger charge is -2.19. The maximum absolute atomic E-state index is 13.0. The fourth-order valence-corrected chi connectivity index (χ4v) is 2.14. The van der Waals surface area contributed by atoms with E-state index < -0.39 is 0 Å². The Hall–Kier alpha value is -3.05. The van der Waals surface area contributed by atoms with E-state index >= 15 is 0 Å². The molecule has 2 aromatic carbocycles. The Kier molecular flexibility index (Phi) is 3.77. The highest BCUT2D eigenvalue weighted by Gasteiger charge is 2.18. The van der Waals surface area contributed by atoms with Gasteiger partial charge in [-0.05, 0) is 23.8 Å². The number of nitrogens with two attached hydrogens (primary N) is 1. The predicted molar refractivity (Wildman–Crippen MR) is 80.0 cm³/mol. The van der Waals surface area contributed by atoms with Crippen molar-refractivity contribution in [2.24, 2.45) is 0 Å². The second kappa shape index (κ2) is 5.52. The van der Waals surface area contributed by atoms with Gasteiger partial charge in [-0.25, -0.2) is 4.39 Å². The molecular weight excluding hydrogens is 267 g/mol. The van der Waals surface area contributed by atoms with Gasteiger partial charge < -0.3 is 10.6 Å². The number of rotatable bonds is 2. The first-order valence-corrected chi connectivity index (χ1v) is 6.19. The molecule has 0 aromatic heterocycles. The molecule has 2 N–H and O–H groups in total. The smallest absolute Gasteiger partial charge is 0.123 e. The van der Waals surface area contributed by atoms with Gasteiger partial charge in [-0.3, -0.25) is 0 Å². The number of benzene rings is 2. The Morgan fingerprint density at radius 1 is 1.05 bits per heavy atom. The number of nitrogens with zero attached hydrogens (tertiary/aromatic N) is 3. The highest BCUT2D eigenvalue weighted by molar-refractivity contribution is 5.86. The first kappa shape index (κ1) is 14.4. The van der Waals surface area contributed by atoms with Crippen molar-refractivity contribution in [3.05, 3.63) is 47.3 Å². The minimum Gasteiger partial charge on any atom is -0.396 e. The van der Waals surface area contributed by atoms with E-state index in [9.17, 15) is 14.9 Å². The quantitative estimate of drug-likeness (QED) is 0.858. The monoisotopic (exact) mass is 280 g/mol. The summed E-state index contributed by atoms with van der Waals surface area (Å²) in [6.45, 7) is 0. The summed E-state index contributed by atoms with van der Waals surface area (Å²) < 4.78 is 13.0. The average molecular weight is 280 g/mol. The molecule has 0 amide bonds. The normalized spacial score (nSPS) is 9.76. The molecule has 0 aliphatic carbocycles. The van der Waals surface area contributed by atoms with Gasteiger partial charge in [0.25, 0.3) is 0 Å². The first-order valence-electron chi connectivity index (χ1n) is 6.19. The second-order valence-corrected chi connectivity index (χ2v) is 4.73. The largest absolute Gasteiger partial charge is 0.396 e. The van der Waals surface area contributed by atoms with Crippen molar-refractivity contribution < 1.29 is 4.39 Å². The molecule has 0 atom stereocenters. The van der Waals surface area contributed by atoms with Crippen LogP contribution in [0.4, 0.5) is 15.8 Å². The zero-order valence-electron chi connectivity index (χ0n) is 11.7. The van der Waals surface area contributed by atoms with Crippen molar-refractivity contribution in [2.75, 3.05) is 24.7 Å². The Morgan fingerprint density at radius 2 is 1.62 bits per heavy atom. The van der Waals surface area contributed by atoms with Gasteiger partial charge in [0.05, 0.1) is 22.5 Å². The fourth-order valence-electron chi connectivity index (χ4n) is 2.14. The van der Waals surface area contributed by atoms with E-state index in [2.05, 4.69) is 0 Å². The zero-order valence-corrected chi connectivity index (χ0v) is 11.7. The van der Waals surface area contributed by atoms with Crippen molar-refractivity contribution >= 4 is 11.4 Å². The number of nitrogen functional groups attached to an aromatic ring is 1.